The normalized spacial score (nSPS) is 23.8. The van der Waals surface area contributed by atoms with E-state index in [2.05, 4.69) is 31.1 Å². The minimum atomic E-state index is -2.76. The Labute approximate surface area is 384 Å². The third-order valence-corrected chi connectivity index (χ3v) is 14.5. The second-order valence-corrected chi connectivity index (χ2v) is 18.6. The van der Waals surface area contributed by atoms with Crippen LogP contribution in [0.15, 0.2) is 36.5 Å². The third kappa shape index (κ3) is 9.91. The molecule has 3 atom stereocenters. The molecule has 8 rings (SSSR count). The Bertz CT molecular complexity index is 2260. The number of aryl methyl sites for hydroxylation is 1. The molecule has 0 bridgehead atoms. The number of likely N-dealkylation sites (tertiary alicyclic amines) is 3. The van der Waals surface area contributed by atoms with Gasteiger partial charge in [0.1, 0.15) is 11.9 Å². The van der Waals surface area contributed by atoms with Crippen molar-refractivity contribution in [2.45, 2.75) is 89.3 Å². The van der Waals surface area contributed by atoms with Crippen LogP contribution in [0.5, 0.6) is 0 Å². The lowest BCUT2D eigenvalue weighted by Crippen LogP contribution is -2.59. The highest BCUT2D eigenvalue weighted by Gasteiger charge is 2.46. The van der Waals surface area contributed by atoms with Crippen molar-refractivity contribution in [1.29, 1.82) is 10.8 Å². The monoisotopic (exact) mass is 911 g/mol. The van der Waals surface area contributed by atoms with Crippen molar-refractivity contribution in [1.82, 2.24) is 35.6 Å². The van der Waals surface area contributed by atoms with Crippen LogP contribution in [0.1, 0.15) is 102 Å². The number of amides is 5. The van der Waals surface area contributed by atoms with Gasteiger partial charge < -0.3 is 41.0 Å². The summed E-state index contributed by atoms with van der Waals surface area (Å²) in [5.74, 6) is -1.48. The number of alkyl halides is 2. The van der Waals surface area contributed by atoms with Crippen LogP contribution in [0.25, 0.3) is 5.57 Å². The molecule has 0 radical (unpaired) electrons. The molecule has 66 heavy (non-hydrogen) atoms. The summed E-state index contributed by atoms with van der Waals surface area (Å²) >= 11 is 0. The maximum atomic E-state index is 14.6. The van der Waals surface area contributed by atoms with E-state index in [4.69, 9.17) is 5.41 Å². The second kappa shape index (κ2) is 20.5. The molecule has 6 heterocycles. The first-order valence-electron chi connectivity index (χ1n) is 23.6. The molecule has 3 unspecified atom stereocenters. The lowest BCUT2D eigenvalue weighted by atomic mass is 9.86. The van der Waals surface area contributed by atoms with Crippen LogP contribution >= 0.6 is 0 Å². The third-order valence-electron chi connectivity index (χ3n) is 14.5. The molecule has 4 saturated heterocycles. The number of fused-ring (bicyclic) bond motifs is 2. The van der Waals surface area contributed by atoms with Crippen molar-refractivity contribution in [2.24, 2.45) is 11.8 Å². The van der Waals surface area contributed by atoms with Crippen molar-refractivity contribution in [2.75, 3.05) is 82.7 Å². The molecule has 2 aromatic rings. The summed E-state index contributed by atoms with van der Waals surface area (Å²) in [6.07, 6.45) is 6.32. The lowest BCUT2D eigenvalue weighted by Gasteiger charge is -2.45. The molecule has 0 saturated carbocycles. The average molecular weight is 912 g/mol. The Hall–Kier alpha value is -5.59. The number of nitrogens with zero attached hydrogens (tertiary/aromatic N) is 5. The number of hydrogen-bond donors (Lipinski definition) is 6. The number of benzene rings is 2. The van der Waals surface area contributed by atoms with Crippen molar-refractivity contribution < 1.29 is 32.8 Å². The summed E-state index contributed by atoms with van der Waals surface area (Å²) in [4.78, 5) is 73.2. The molecule has 6 N–H and O–H groups in total. The largest absolute Gasteiger partial charge is 0.393 e. The van der Waals surface area contributed by atoms with Gasteiger partial charge in [-0.2, -0.15) is 0 Å². The Morgan fingerprint density at radius 1 is 0.939 bits per heavy atom. The average Bonchev–Trinajstić information content (AvgIpc) is 3.57. The van der Waals surface area contributed by atoms with Gasteiger partial charge in [-0.1, -0.05) is 6.07 Å². The number of halogens is 2. The van der Waals surface area contributed by atoms with Crippen molar-refractivity contribution in [3.05, 3.63) is 64.3 Å². The second-order valence-electron chi connectivity index (χ2n) is 18.6. The van der Waals surface area contributed by atoms with E-state index in [1.807, 2.05) is 4.90 Å². The highest BCUT2D eigenvalue weighted by atomic mass is 19.3. The van der Waals surface area contributed by atoms with E-state index in [0.717, 1.165) is 88.1 Å². The molecule has 16 nitrogen and oxygen atoms in total. The first-order valence-corrected chi connectivity index (χ1v) is 23.6. The molecule has 4 fully saturated rings. The van der Waals surface area contributed by atoms with Gasteiger partial charge in [0, 0.05) is 113 Å². The van der Waals surface area contributed by atoms with Crippen LogP contribution in [0.4, 0.5) is 20.2 Å². The first-order chi connectivity index (χ1) is 31.8. The SMILES string of the molecule is CN/C=C(\C=N)c1cc2c(cc1C(F)F)N(C(=N)C1CN(C(C)=O)CCC1NC1CCN(CC3CCN(CCNc4cccc5c4C(=O)N(C4CCC(=O)NC4=O)C5=O)CC3)CC1)CCC2. The Morgan fingerprint density at radius 2 is 1.70 bits per heavy atom. The standard InChI is InChI=1S/C48H63F2N11O5/c1-29(62)59-21-14-38(37(28-59)45(52)60-16-4-5-31-23-35(32(25-51)26-53-2)36(44(49)50)24-41(31)60)55-33-12-19-58(20-13-33)27-30-10-17-57(18-11-30)22-15-54-39-7-3-6-34-43(39)48(66)61(47(34)65)40-8-9-42(63)56-46(40)64/h3,6-7,23-26,30,33,37-38,40,44,51-55H,4-5,8-22,27-28H2,1-2H3,(H,56,63,64)/b32-26+,51-25?,52-45?. The quantitative estimate of drug-likeness (QED) is 0.0908. The fraction of sp³-hybridized carbons (Fsp3) is 0.562. The molecular formula is C48H63F2N11O5. The van der Waals surface area contributed by atoms with Gasteiger partial charge in [-0.25, -0.2) is 8.78 Å². The van der Waals surface area contributed by atoms with Crippen LogP contribution in [-0.2, 0) is 20.8 Å². The van der Waals surface area contributed by atoms with E-state index in [0.29, 0.717) is 73.3 Å². The topological polar surface area (TPSA) is 197 Å². The zero-order chi connectivity index (χ0) is 46.6. The minimum Gasteiger partial charge on any atom is -0.393 e. The Balaban J connectivity index is 0.814. The zero-order valence-electron chi connectivity index (χ0n) is 38.0. The molecule has 354 valence electrons. The molecule has 18 heteroatoms. The molecule has 0 aliphatic carbocycles. The number of imide groups is 2. The lowest BCUT2D eigenvalue weighted by molar-refractivity contribution is -0.136. The molecule has 5 amide bonds. The van der Waals surface area contributed by atoms with Crippen LogP contribution in [0, 0.1) is 22.7 Å². The van der Waals surface area contributed by atoms with Crippen LogP contribution in [-0.4, -0.2) is 152 Å². The fourth-order valence-electron chi connectivity index (χ4n) is 11.0. The predicted molar refractivity (Wildman–Crippen MR) is 248 cm³/mol. The number of anilines is 2. The minimum absolute atomic E-state index is 0.0330. The van der Waals surface area contributed by atoms with E-state index >= 15 is 0 Å². The maximum Gasteiger partial charge on any atom is 0.264 e. The number of hydrogen-bond acceptors (Lipinski definition) is 12. The van der Waals surface area contributed by atoms with Gasteiger partial charge in [-0.15, -0.1) is 0 Å². The molecule has 2 aromatic carbocycles. The van der Waals surface area contributed by atoms with Crippen LogP contribution in [0.3, 0.4) is 0 Å². The highest BCUT2D eigenvalue weighted by Crippen LogP contribution is 2.39. The van der Waals surface area contributed by atoms with Crippen LogP contribution in [0.2, 0.25) is 0 Å². The smallest absolute Gasteiger partial charge is 0.264 e. The van der Waals surface area contributed by atoms with E-state index in [9.17, 15) is 38.2 Å². The summed E-state index contributed by atoms with van der Waals surface area (Å²) in [7, 11) is 1.67. The first kappa shape index (κ1) is 46.9. The number of amidine groups is 1. The Morgan fingerprint density at radius 3 is 2.39 bits per heavy atom. The number of carbonyl (C=O) groups excluding carboxylic acids is 5. The summed E-state index contributed by atoms with van der Waals surface area (Å²) in [6, 6.07) is 7.60. The molecule has 0 aromatic heterocycles. The van der Waals surface area contributed by atoms with Gasteiger partial charge in [0.05, 0.1) is 11.1 Å². The zero-order valence-corrected chi connectivity index (χ0v) is 38.0. The van der Waals surface area contributed by atoms with E-state index in [1.165, 1.54) is 6.07 Å². The highest BCUT2D eigenvalue weighted by molar-refractivity contribution is 6.25. The van der Waals surface area contributed by atoms with Gasteiger partial charge in [0.25, 0.3) is 18.2 Å². The summed E-state index contributed by atoms with van der Waals surface area (Å²) in [5.41, 5.74) is 3.10. The summed E-state index contributed by atoms with van der Waals surface area (Å²) in [6.45, 7) is 9.37. The predicted octanol–water partition coefficient (Wildman–Crippen LogP) is 4.08. The van der Waals surface area contributed by atoms with E-state index in [-0.39, 0.29) is 53.4 Å². The van der Waals surface area contributed by atoms with Gasteiger partial charge >= 0.3 is 0 Å². The van der Waals surface area contributed by atoms with Gasteiger partial charge in [0.15, 0.2) is 0 Å². The number of nitrogens with one attached hydrogen (secondary N) is 6. The molecular weight excluding hydrogens is 849 g/mol. The molecule has 6 aliphatic rings. The van der Waals surface area contributed by atoms with E-state index in [1.54, 1.807) is 49.3 Å². The fourth-order valence-corrected chi connectivity index (χ4v) is 11.0. The van der Waals surface area contributed by atoms with Gasteiger partial charge in [-0.3, -0.25) is 39.6 Å². The molecule has 6 aliphatic heterocycles. The van der Waals surface area contributed by atoms with Gasteiger partial charge in [-0.05, 0) is 119 Å². The Kier molecular flexibility index (Phi) is 14.6. The summed E-state index contributed by atoms with van der Waals surface area (Å²) < 4.78 is 29.1. The maximum absolute atomic E-state index is 14.6. The number of allylic oxidation sites excluding steroid dienone is 1. The van der Waals surface area contributed by atoms with Crippen LogP contribution < -0.4 is 26.2 Å². The number of carbonyl (C=O) groups is 5. The van der Waals surface area contributed by atoms with Gasteiger partial charge in [0.2, 0.25) is 17.7 Å². The van der Waals surface area contributed by atoms with Crippen molar-refractivity contribution in [3.63, 3.8) is 0 Å². The van der Waals surface area contributed by atoms with Crippen molar-refractivity contribution >= 4 is 58.5 Å². The molecule has 0 spiro atoms. The van der Waals surface area contributed by atoms with E-state index < -0.39 is 36.1 Å². The number of rotatable bonds is 14. The van der Waals surface area contributed by atoms with Crippen molar-refractivity contribution in [3.8, 4) is 0 Å². The summed E-state index contributed by atoms with van der Waals surface area (Å²) in [5, 5.41) is 29.9. The number of piperidine rings is 4.